The van der Waals surface area contributed by atoms with E-state index in [2.05, 4.69) is 31.2 Å². The molecule has 5 aromatic carbocycles. The van der Waals surface area contributed by atoms with Crippen molar-refractivity contribution in [3.05, 3.63) is 143 Å². The maximum Gasteiger partial charge on any atom is 0.239 e. The van der Waals surface area contributed by atoms with Gasteiger partial charge in [-0.15, -0.1) is 0 Å². The number of carbonyl (C=O) groups excluding carboxylic acids is 2. The summed E-state index contributed by atoms with van der Waals surface area (Å²) in [6.07, 6.45) is 1.96. The molecule has 0 radical (unpaired) electrons. The summed E-state index contributed by atoms with van der Waals surface area (Å²) in [6.45, 7) is 2.05. The molecular weight excluding hydrogens is 492 g/mol. The van der Waals surface area contributed by atoms with Gasteiger partial charge in [-0.1, -0.05) is 103 Å². The van der Waals surface area contributed by atoms with Crippen molar-refractivity contribution in [1.29, 1.82) is 0 Å². The number of aryl methyl sites for hydroxylation is 1. The van der Waals surface area contributed by atoms with E-state index >= 15 is 0 Å². The number of aliphatic imine (C=N–C) groups is 1. The van der Waals surface area contributed by atoms with Crippen LogP contribution in [-0.2, 0) is 15.0 Å². The number of imide groups is 1. The number of carbonyl (C=O) groups is 2. The monoisotopic (exact) mass is 518 g/mol. The molecule has 2 amide bonds. The molecule has 1 saturated heterocycles. The van der Waals surface area contributed by atoms with E-state index in [0.717, 1.165) is 44.3 Å². The van der Waals surface area contributed by atoms with E-state index in [1.165, 1.54) is 4.90 Å². The van der Waals surface area contributed by atoms with Gasteiger partial charge in [0.05, 0.1) is 28.6 Å². The van der Waals surface area contributed by atoms with E-state index < -0.39 is 17.3 Å². The number of fused-ring (bicyclic) bond motifs is 1. The van der Waals surface area contributed by atoms with E-state index in [4.69, 9.17) is 4.99 Å². The molecule has 40 heavy (non-hydrogen) atoms. The largest absolute Gasteiger partial charge is 0.274 e. The molecule has 3 aliphatic carbocycles. The van der Waals surface area contributed by atoms with Crippen molar-refractivity contribution in [2.45, 2.75) is 18.3 Å². The molecule has 2 bridgehead atoms. The van der Waals surface area contributed by atoms with Crippen LogP contribution in [0, 0.1) is 18.8 Å². The maximum absolute atomic E-state index is 14.7. The molecule has 1 fully saturated rings. The molecule has 4 aliphatic rings. The van der Waals surface area contributed by atoms with Gasteiger partial charge in [-0.2, -0.15) is 0 Å². The van der Waals surface area contributed by atoms with Gasteiger partial charge < -0.3 is 0 Å². The Morgan fingerprint density at radius 3 is 2.05 bits per heavy atom. The average Bonchev–Trinajstić information content (AvgIpc) is 3.27. The third kappa shape index (κ3) is 2.93. The number of hydrogen-bond acceptors (Lipinski definition) is 3. The Labute approximate surface area is 232 Å². The number of nitrogens with zero attached hydrogens (tertiary/aromatic N) is 2. The summed E-state index contributed by atoms with van der Waals surface area (Å²) in [5.74, 6) is -1.59. The molecule has 0 aromatic heterocycles. The fourth-order valence-electron chi connectivity index (χ4n) is 7.50. The Balaban J connectivity index is 1.40. The van der Waals surface area contributed by atoms with Gasteiger partial charge in [0.25, 0.3) is 0 Å². The van der Waals surface area contributed by atoms with E-state index in [-0.39, 0.29) is 17.7 Å². The van der Waals surface area contributed by atoms with E-state index in [9.17, 15) is 9.59 Å². The number of benzene rings is 5. The molecule has 1 heterocycles. The first kappa shape index (κ1) is 23.1. The molecule has 0 unspecified atom stereocenters. The summed E-state index contributed by atoms with van der Waals surface area (Å²) >= 11 is 0. The van der Waals surface area contributed by atoms with Crippen LogP contribution in [0.3, 0.4) is 0 Å². The minimum atomic E-state index is -0.871. The molecule has 4 nitrogen and oxygen atoms in total. The smallest absolute Gasteiger partial charge is 0.239 e. The lowest BCUT2D eigenvalue weighted by Gasteiger charge is -2.52. The molecule has 0 saturated carbocycles. The fraction of sp³-hybridized carbons (Fsp3) is 0.139. The molecule has 0 spiro atoms. The highest BCUT2D eigenvalue weighted by Gasteiger charge is 2.68. The Morgan fingerprint density at radius 1 is 0.700 bits per heavy atom. The molecule has 5 aromatic rings. The van der Waals surface area contributed by atoms with Crippen molar-refractivity contribution in [3.8, 4) is 0 Å². The van der Waals surface area contributed by atoms with Crippen molar-refractivity contribution >= 4 is 40.2 Å². The Kier molecular flexibility index (Phi) is 4.81. The van der Waals surface area contributed by atoms with Gasteiger partial charge in [-0.3, -0.25) is 14.6 Å². The first-order chi connectivity index (χ1) is 19.6. The normalized spacial score (nSPS) is 24.4. The summed E-state index contributed by atoms with van der Waals surface area (Å²) in [5, 5.41) is 1.90. The SMILES string of the molecule is Cc1ccc(N=CC23c4ccccc4C(c4ccccc42)[C@H]2C(=O)N(c4cccc5ccccc45)C(=O)[C@@H]23)cc1. The first-order valence-corrected chi connectivity index (χ1v) is 13.8. The quantitative estimate of drug-likeness (QED) is 0.189. The van der Waals surface area contributed by atoms with E-state index in [1.807, 2.05) is 97.2 Å². The minimum absolute atomic E-state index is 0.131. The first-order valence-electron chi connectivity index (χ1n) is 13.8. The molecule has 4 heteroatoms. The Hall–Kier alpha value is -4.83. The average molecular weight is 519 g/mol. The molecular formula is C36H26N2O2. The van der Waals surface area contributed by atoms with Gasteiger partial charge >= 0.3 is 0 Å². The third-order valence-corrected chi connectivity index (χ3v) is 9.14. The van der Waals surface area contributed by atoms with Gasteiger partial charge in [0, 0.05) is 17.5 Å². The van der Waals surface area contributed by atoms with Gasteiger partial charge in [0.1, 0.15) is 0 Å². The van der Waals surface area contributed by atoms with E-state index in [1.54, 1.807) is 0 Å². The topological polar surface area (TPSA) is 49.7 Å². The van der Waals surface area contributed by atoms with Gasteiger partial charge in [0.15, 0.2) is 0 Å². The summed E-state index contributed by atoms with van der Waals surface area (Å²) in [4.78, 5) is 35.7. The van der Waals surface area contributed by atoms with Crippen LogP contribution in [0.5, 0.6) is 0 Å². The van der Waals surface area contributed by atoms with Crippen molar-refractivity contribution in [3.63, 3.8) is 0 Å². The second-order valence-corrected chi connectivity index (χ2v) is 11.1. The van der Waals surface area contributed by atoms with Crippen molar-refractivity contribution in [2.24, 2.45) is 16.8 Å². The Morgan fingerprint density at radius 2 is 1.32 bits per heavy atom. The third-order valence-electron chi connectivity index (χ3n) is 9.14. The van der Waals surface area contributed by atoms with Crippen molar-refractivity contribution < 1.29 is 9.59 Å². The van der Waals surface area contributed by atoms with Crippen molar-refractivity contribution in [1.82, 2.24) is 0 Å². The lowest BCUT2D eigenvalue weighted by Crippen LogP contribution is -2.54. The van der Waals surface area contributed by atoms with Gasteiger partial charge in [-0.05, 0) is 52.8 Å². The van der Waals surface area contributed by atoms with Crippen LogP contribution < -0.4 is 4.90 Å². The summed E-state index contributed by atoms with van der Waals surface area (Å²) in [5.41, 5.74) is 6.12. The summed E-state index contributed by atoms with van der Waals surface area (Å²) < 4.78 is 0. The number of hydrogen-bond donors (Lipinski definition) is 0. The lowest BCUT2D eigenvalue weighted by molar-refractivity contribution is -0.122. The van der Waals surface area contributed by atoms with Crippen LogP contribution in [0.25, 0.3) is 10.8 Å². The molecule has 1 aliphatic heterocycles. The number of rotatable bonds is 3. The highest BCUT2D eigenvalue weighted by Crippen LogP contribution is 2.64. The highest BCUT2D eigenvalue weighted by atomic mass is 16.2. The zero-order valence-electron chi connectivity index (χ0n) is 22.0. The standard InChI is InChI=1S/C36H26N2O2/c1-22-17-19-24(20-18-22)37-21-36-28-14-6-4-12-26(28)31(27-13-5-7-15-29(27)36)32-33(36)35(40)38(34(32)39)30-16-8-10-23-9-2-3-11-25(23)30/h2-21,31-33H,1H3/t31?,32-,33-,36?/m1/s1. The van der Waals surface area contributed by atoms with Crippen LogP contribution in [0.4, 0.5) is 11.4 Å². The van der Waals surface area contributed by atoms with E-state index in [0.29, 0.717) is 5.69 Å². The zero-order chi connectivity index (χ0) is 27.0. The van der Waals surface area contributed by atoms with Gasteiger partial charge in [-0.25, -0.2) is 4.90 Å². The maximum atomic E-state index is 14.7. The minimum Gasteiger partial charge on any atom is -0.274 e. The Bertz CT molecular complexity index is 1830. The summed E-state index contributed by atoms with van der Waals surface area (Å²) in [7, 11) is 0. The van der Waals surface area contributed by atoms with Crippen LogP contribution >= 0.6 is 0 Å². The number of anilines is 1. The van der Waals surface area contributed by atoms with Gasteiger partial charge in [0.2, 0.25) is 11.8 Å². The zero-order valence-corrected chi connectivity index (χ0v) is 22.0. The predicted molar refractivity (Wildman–Crippen MR) is 158 cm³/mol. The number of amides is 2. The van der Waals surface area contributed by atoms with Crippen LogP contribution in [0.2, 0.25) is 0 Å². The molecule has 0 N–H and O–H groups in total. The molecule has 192 valence electrons. The second-order valence-electron chi connectivity index (χ2n) is 11.1. The fourth-order valence-corrected chi connectivity index (χ4v) is 7.50. The van der Waals surface area contributed by atoms with Crippen LogP contribution in [0.1, 0.15) is 33.7 Å². The lowest BCUT2D eigenvalue weighted by atomic mass is 9.47. The van der Waals surface area contributed by atoms with Crippen LogP contribution in [0.15, 0.2) is 120 Å². The highest BCUT2D eigenvalue weighted by molar-refractivity contribution is 6.27. The molecule has 9 rings (SSSR count). The second kappa shape index (κ2) is 8.33. The predicted octanol–water partition coefficient (Wildman–Crippen LogP) is 7.10. The summed E-state index contributed by atoms with van der Waals surface area (Å²) in [6, 6.07) is 38.5. The van der Waals surface area contributed by atoms with Crippen LogP contribution in [-0.4, -0.2) is 18.0 Å². The van der Waals surface area contributed by atoms with Crippen molar-refractivity contribution in [2.75, 3.05) is 4.90 Å². The molecule has 2 atom stereocenters.